The Labute approximate surface area is 116 Å². The van der Waals surface area contributed by atoms with Crippen molar-refractivity contribution in [2.75, 3.05) is 18.0 Å². The lowest BCUT2D eigenvalue weighted by molar-refractivity contribution is 0.220. The van der Waals surface area contributed by atoms with Gasteiger partial charge >= 0.3 is 0 Å². The van der Waals surface area contributed by atoms with Crippen LogP contribution in [0.2, 0.25) is 0 Å². The summed E-state index contributed by atoms with van der Waals surface area (Å²) >= 11 is 0. The van der Waals surface area contributed by atoms with E-state index < -0.39 is 0 Å². The maximum absolute atomic E-state index is 9.20. The summed E-state index contributed by atoms with van der Waals surface area (Å²) < 4.78 is 0. The average Bonchev–Trinajstić information content (AvgIpc) is 2.64. The molecule has 1 fully saturated rings. The lowest BCUT2D eigenvalue weighted by Crippen LogP contribution is -2.26. The SMILES string of the molecule is CC(C)(C)C1CCCN(c2cnccc2C#N)CC1. The second-order valence-electron chi connectivity index (χ2n) is 6.49. The molecular formula is C16H23N3. The number of rotatable bonds is 1. The first-order chi connectivity index (χ1) is 9.02. The number of hydrogen-bond acceptors (Lipinski definition) is 3. The molecule has 1 saturated heterocycles. The molecule has 0 aliphatic carbocycles. The van der Waals surface area contributed by atoms with Crippen LogP contribution in [0.3, 0.4) is 0 Å². The molecule has 1 aromatic heterocycles. The van der Waals surface area contributed by atoms with E-state index in [9.17, 15) is 5.26 Å². The standard InChI is InChI=1S/C16H23N3/c1-16(2,3)14-5-4-9-19(10-7-14)15-12-18-8-6-13(15)11-17/h6,8,12,14H,4-5,7,9-10H2,1-3H3. The minimum Gasteiger partial charge on any atom is -0.369 e. The predicted molar refractivity (Wildman–Crippen MR) is 78.0 cm³/mol. The molecule has 0 amide bonds. The summed E-state index contributed by atoms with van der Waals surface area (Å²) in [5.74, 6) is 0.764. The van der Waals surface area contributed by atoms with Crippen LogP contribution in [0.4, 0.5) is 5.69 Å². The number of nitriles is 1. The van der Waals surface area contributed by atoms with Crippen LogP contribution in [0.5, 0.6) is 0 Å². The summed E-state index contributed by atoms with van der Waals surface area (Å²) in [5.41, 5.74) is 2.12. The maximum Gasteiger partial charge on any atom is 0.101 e. The van der Waals surface area contributed by atoms with Gasteiger partial charge in [-0.05, 0) is 36.7 Å². The molecule has 19 heavy (non-hydrogen) atoms. The number of pyridine rings is 1. The smallest absolute Gasteiger partial charge is 0.101 e. The van der Waals surface area contributed by atoms with E-state index >= 15 is 0 Å². The van der Waals surface area contributed by atoms with Gasteiger partial charge in [0.05, 0.1) is 17.4 Å². The Morgan fingerprint density at radius 2 is 2.11 bits per heavy atom. The van der Waals surface area contributed by atoms with Gasteiger partial charge in [0.2, 0.25) is 0 Å². The van der Waals surface area contributed by atoms with Crippen LogP contribution in [-0.4, -0.2) is 18.1 Å². The minimum absolute atomic E-state index is 0.378. The van der Waals surface area contributed by atoms with E-state index in [0.29, 0.717) is 5.41 Å². The normalized spacial score (nSPS) is 20.7. The topological polar surface area (TPSA) is 39.9 Å². The van der Waals surface area contributed by atoms with Crippen LogP contribution in [0, 0.1) is 22.7 Å². The van der Waals surface area contributed by atoms with Crippen molar-refractivity contribution >= 4 is 5.69 Å². The van der Waals surface area contributed by atoms with E-state index in [0.717, 1.165) is 30.3 Å². The summed E-state index contributed by atoms with van der Waals surface area (Å²) in [6.45, 7) is 9.06. The van der Waals surface area contributed by atoms with Gasteiger partial charge in [0.15, 0.2) is 0 Å². The van der Waals surface area contributed by atoms with Crippen LogP contribution in [0.15, 0.2) is 18.5 Å². The van der Waals surface area contributed by atoms with Crippen molar-refractivity contribution in [1.82, 2.24) is 4.98 Å². The molecule has 102 valence electrons. The summed E-state index contributed by atoms with van der Waals surface area (Å²) in [4.78, 5) is 6.50. The fourth-order valence-corrected chi connectivity index (χ4v) is 2.94. The molecule has 3 heteroatoms. The molecule has 1 aromatic rings. The van der Waals surface area contributed by atoms with E-state index in [1.807, 2.05) is 12.3 Å². The van der Waals surface area contributed by atoms with Crippen molar-refractivity contribution in [2.24, 2.45) is 11.3 Å². The summed E-state index contributed by atoms with van der Waals surface area (Å²) in [5, 5.41) is 9.20. The van der Waals surface area contributed by atoms with Crippen molar-refractivity contribution in [3.05, 3.63) is 24.0 Å². The molecule has 1 unspecified atom stereocenters. The highest BCUT2D eigenvalue weighted by Crippen LogP contribution is 2.35. The minimum atomic E-state index is 0.378. The zero-order chi connectivity index (χ0) is 13.9. The third-order valence-electron chi connectivity index (χ3n) is 4.21. The lowest BCUT2D eigenvalue weighted by Gasteiger charge is -2.30. The highest BCUT2D eigenvalue weighted by Gasteiger charge is 2.27. The summed E-state index contributed by atoms with van der Waals surface area (Å²) in [6.07, 6.45) is 7.20. The Morgan fingerprint density at radius 3 is 2.79 bits per heavy atom. The average molecular weight is 257 g/mol. The Morgan fingerprint density at radius 1 is 1.32 bits per heavy atom. The fraction of sp³-hybridized carbons (Fsp3) is 0.625. The third-order valence-corrected chi connectivity index (χ3v) is 4.21. The van der Waals surface area contributed by atoms with Crippen LogP contribution in [0.25, 0.3) is 0 Å². The molecule has 2 rings (SSSR count). The predicted octanol–water partition coefficient (Wildman–Crippen LogP) is 3.61. The van der Waals surface area contributed by atoms with Gasteiger partial charge in [0, 0.05) is 19.3 Å². The van der Waals surface area contributed by atoms with Gasteiger partial charge in [-0.2, -0.15) is 5.26 Å². The molecule has 1 aliphatic heterocycles. The third kappa shape index (κ3) is 3.26. The van der Waals surface area contributed by atoms with E-state index in [4.69, 9.17) is 0 Å². The molecule has 3 nitrogen and oxygen atoms in total. The maximum atomic E-state index is 9.20. The van der Waals surface area contributed by atoms with Crippen LogP contribution >= 0.6 is 0 Å². The molecule has 0 aromatic carbocycles. The number of anilines is 1. The molecule has 0 radical (unpaired) electrons. The highest BCUT2D eigenvalue weighted by molar-refractivity contribution is 5.57. The van der Waals surface area contributed by atoms with Crippen molar-refractivity contribution in [3.8, 4) is 6.07 Å². The largest absolute Gasteiger partial charge is 0.369 e. The first-order valence-corrected chi connectivity index (χ1v) is 7.11. The van der Waals surface area contributed by atoms with Gasteiger partial charge in [-0.3, -0.25) is 4.98 Å². The molecule has 0 spiro atoms. The second kappa shape index (κ2) is 5.61. The monoisotopic (exact) mass is 257 g/mol. The zero-order valence-corrected chi connectivity index (χ0v) is 12.2. The van der Waals surface area contributed by atoms with Crippen molar-refractivity contribution in [3.63, 3.8) is 0 Å². The number of aromatic nitrogens is 1. The molecule has 0 bridgehead atoms. The lowest BCUT2D eigenvalue weighted by atomic mass is 9.77. The Bertz CT molecular complexity index is 468. The van der Waals surface area contributed by atoms with E-state index in [1.54, 1.807) is 6.20 Å². The zero-order valence-electron chi connectivity index (χ0n) is 12.2. The van der Waals surface area contributed by atoms with Gasteiger partial charge in [-0.15, -0.1) is 0 Å². The Kier molecular flexibility index (Phi) is 4.09. The summed E-state index contributed by atoms with van der Waals surface area (Å²) in [7, 11) is 0. The molecule has 0 N–H and O–H groups in total. The molecule has 2 heterocycles. The first kappa shape index (κ1) is 13.9. The van der Waals surface area contributed by atoms with Crippen LogP contribution in [0.1, 0.15) is 45.6 Å². The van der Waals surface area contributed by atoms with Crippen LogP contribution in [-0.2, 0) is 0 Å². The second-order valence-corrected chi connectivity index (χ2v) is 6.49. The van der Waals surface area contributed by atoms with E-state index in [1.165, 1.54) is 19.3 Å². The number of nitrogens with zero attached hydrogens (tertiary/aromatic N) is 3. The molecule has 1 atom stereocenters. The Balaban J connectivity index is 2.14. The quantitative estimate of drug-likeness (QED) is 0.771. The first-order valence-electron chi connectivity index (χ1n) is 7.11. The molecule has 0 saturated carbocycles. The van der Waals surface area contributed by atoms with Crippen molar-refractivity contribution in [2.45, 2.75) is 40.0 Å². The van der Waals surface area contributed by atoms with E-state index in [2.05, 4.69) is 36.7 Å². The van der Waals surface area contributed by atoms with Crippen molar-refractivity contribution < 1.29 is 0 Å². The van der Waals surface area contributed by atoms with Crippen LogP contribution < -0.4 is 4.90 Å². The summed E-state index contributed by atoms with van der Waals surface area (Å²) in [6, 6.07) is 4.08. The molecular weight excluding hydrogens is 234 g/mol. The fourth-order valence-electron chi connectivity index (χ4n) is 2.94. The number of hydrogen-bond donors (Lipinski definition) is 0. The van der Waals surface area contributed by atoms with Gasteiger partial charge in [0.1, 0.15) is 6.07 Å². The van der Waals surface area contributed by atoms with Gasteiger partial charge in [-0.1, -0.05) is 20.8 Å². The van der Waals surface area contributed by atoms with Gasteiger partial charge < -0.3 is 4.90 Å². The van der Waals surface area contributed by atoms with E-state index in [-0.39, 0.29) is 0 Å². The highest BCUT2D eigenvalue weighted by atomic mass is 15.1. The van der Waals surface area contributed by atoms with Crippen molar-refractivity contribution in [1.29, 1.82) is 5.26 Å². The molecule has 1 aliphatic rings. The Hall–Kier alpha value is -1.56. The van der Waals surface area contributed by atoms with Gasteiger partial charge in [-0.25, -0.2) is 0 Å². The van der Waals surface area contributed by atoms with Gasteiger partial charge in [0.25, 0.3) is 0 Å².